The molecule has 1 aromatic carbocycles. The normalized spacial score (nSPS) is 18.4. The number of ether oxygens (including phenoxy) is 1. The van der Waals surface area contributed by atoms with Crippen molar-refractivity contribution >= 4 is 5.96 Å². The molecule has 0 aliphatic carbocycles. The van der Waals surface area contributed by atoms with E-state index >= 15 is 0 Å². The van der Waals surface area contributed by atoms with E-state index in [0.717, 1.165) is 50.7 Å². The highest BCUT2D eigenvalue weighted by atomic mass is 16.5. The van der Waals surface area contributed by atoms with E-state index in [1.165, 1.54) is 5.56 Å². The third-order valence-electron chi connectivity index (χ3n) is 4.79. The number of nitrogens with one attached hydrogen (secondary N) is 2. The van der Waals surface area contributed by atoms with Crippen LogP contribution in [-0.4, -0.2) is 46.5 Å². The molecule has 0 radical (unpaired) electrons. The summed E-state index contributed by atoms with van der Waals surface area (Å²) in [5.41, 5.74) is 1.23. The van der Waals surface area contributed by atoms with Crippen molar-refractivity contribution < 1.29 is 4.74 Å². The summed E-state index contributed by atoms with van der Waals surface area (Å²) < 4.78 is 7.78. The Labute approximate surface area is 161 Å². The van der Waals surface area contributed by atoms with Crippen molar-refractivity contribution in [2.75, 3.05) is 19.7 Å². The SMILES string of the molecule is CCc1nncn1CCNC(=NCC1CCCO1)NC(C)c1ccccc1. The molecule has 27 heavy (non-hydrogen) atoms. The van der Waals surface area contributed by atoms with Gasteiger partial charge in [0.25, 0.3) is 0 Å². The zero-order valence-corrected chi connectivity index (χ0v) is 16.3. The van der Waals surface area contributed by atoms with Gasteiger partial charge in [0, 0.05) is 26.1 Å². The summed E-state index contributed by atoms with van der Waals surface area (Å²) in [5, 5.41) is 15.1. The maximum absolute atomic E-state index is 5.70. The van der Waals surface area contributed by atoms with Gasteiger partial charge in [0.2, 0.25) is 0 Å². The Morgan fingerprint density at radius 2 is 2.22 bits per heavy atom. The highest BCUT2D eigenvalue weighted by Crippen LogP contribution is 2.13. The molecule has 2 aromatic rings. The lowest BCUT2D eigenvalue weighted by Crippen LogP contribution is -2.40. The van der Waals surface area contributed by atoms with Crippen LogP contribution >= 0.6 is 0 Å². The summed E-state index contributed by atoms with van der Waals surface area (Å²) >= 11 is 0. The van der Waals surface area contributed by atoms with Gasteiger partial charge in [-0.1, -0.05) is 37.3 Å². The minimum absolute atomic E-state index is 0.170. The lowest BCUT2D eigenvalue weighted by atomic mass is 10.1. The Hall–Kier alpha value is -2.41. The van der Waals surface area contributed by atoms with Gasteiger partial charge in [-0.15, -0.1) is 10.2 Å². The van der Waals surface area contributed by atoms with E-state index in [9.17, 15) is 0 Å². The van der Waals surface area contributed by atoms with E-state index in [1.54, 1.807) is 6.33 Å². The molecule has 1 aliphatic heterocycles. The summed E-state index contributed by atoms with van der Waals surface area (Å²) in [6.45, 7) is 7.33. The zero-order valence-electron chi connectivity index (χ0n) is 16.3. The molecule has 0 amide bonds. The van der Waals surface area contributed by atoms with Crippen molar-refractivity contribution in [2.45, 2.75) is 51.8 Å². The molecule has 1 aromatic heterocycles. The van der Waals surface area contributed by atoms with E-state index in [0.29, 0.717) is 6.54 Å². The minimum atomic E-state index is 0.170. The number of rotatable bonds is 8. The first-order valence-electron chi connectivity index (χ1n) is 9.84. The molecule has 2 unspecified atom stereocenters. The summed E-state index contributed by atoms with van der Waals surface area (Å²) in [6, 6.07) is 10.6. The second-order valence-electron chi connectivity index (χ2n) is 6.82. The van der Waals surface area contributed by atoms with E-state index in [1.807, 2.05) is 6.07 Å². The van der Waals surface area contributed by atoms with Crippen molar-refractivity contribution in [3.63, 3.8) is 0 Å². The van der Waals surface area contributed by atoms with E-state index in [4.69, 9.17) is 9.73 Å². The summed E-state index contributed by atoms with van der Waals surface area (Å²) in [7, 11) is 0. The fourth-order valence-corrected chi connectivity index (χ4v) is 3.20. The first kappa shape index (κ1) is 19.4. The molecular formula is C20H30N6O. The van der Waals surface area contributed by atoms with Crippen LogP contribution in [0.2, 0.25) is 0 Å². The van der Waals surface area contributed by atoms with Gasteiger partial charge in [-0.25, -0.2) is 0 Å². The van der Waals surface area contributed by atoms with Gasteiger partial charge in [0.05, 0.1) is 18.7 Å². The maximum Gasteiger partial charge on any atom is 0.191 e. The maximum atomic E-state index is 5.70. The molecule has 7 heteroatoms. The molecule has 0 bridgehead atoms. The van der Waals surface area contributed by atoms with E-state index in [2.05, 4.69) is 63.5 Å². The van der Waals surface area contributed by atoms with Gasteiger partial charge in [-0.3, -0.25) is 4.99 Å². The number of aromatic nitrogens is 3. The van der Waals surface area contributed by atoms with Gasteiger partial charge >= 0.3 is 0 Å². The predicted molar refractivity (Wildman–Crippen MR) is 107 cm³/mol. The van der Waals surface area contributed by atoms with Crippen LogP contribution in [0.3, 0.4) is 0 Å². The Morgan fingerprint density at radius 3 is 2.96 bits per heavy atom. The van der Waals surface area contributed by atoms with E-state index < -0.39 is 0 Å². The molecule has 2 heterocycles. The summed E-state index contributed by atoms with van der Waals surface area (Å²) in [5.74, 6) is 1.81. The minimum Gasteiger partial charge on any atom is -0.376 e. The van der Waals surface area contributed by atoms with Gasteiger partial charge < -0.3 is 19.9 Å². The molecule has 7 nitrogen and oxygen atoms in total. The molecule has 0 saturated carbocycles. The molecule has 1 saturated heterocycles. The van der Waals surface area contributed by atoms with Crippen LogP contribution in [-0.2, 0) is 17.7 Å². The second kappa shape index (κ2) is 10.1. The lowest BCUT2D eigenvalue weighted by molar-refractivity contribution is 0.117. The Kier molecular flexibility index (Phi) is 7.21. The fraction of sp³-hybridized carbons (Fsp3) is 0.550. The first-order valence-corrected chi connectivity index (χ1v) is 9.84. The van der Waals surface area contributed by atoms with Crippen LogP contribution < -0.4 is 10.6 Å². The largest absolute Gasteiger partial charge is 0.376 e. The topological polar surface area (TPSA) is 76.4 Å². The van der Waals surface area contributed by atoms with E-state index in [-0.39, 0.29) is 12.1 Å². The molecule has 2 atom stereocenters. The smallest absolute Gasteiger partial charge is 0.191 e. The van der Waals surface area contributed by atoms with Crippen molar-refractivity contribution in [3.05, 3.63) is 48.0 Å². The predicted octanol–water partition coefficient (Wildman–Crippen LogP) is 2.32. The Balaban J connectivity index is 1.59. The number of nitrogens with zero attached hydrogens (tertiary/aromatic N) is 4. The summed E-state index contributed by atoms with van der Waals surface area (Å²) in [4.78, 5) is 4.76. The molecule has 3 rings (SSSR count). The quantitative estimate of drug-likeness (QED) is 0.551. The van der Waals surface area contributed by atoms with Crippen LogP contribution in [0.1, 0.15) is 44.1 Å². The number of benzene rings is 1. The van der Waals surface area contributed by atoms with Gasteiger partial charge in [-0.2, -0.15) is 0 Å². The molecule has 1 fully saturated rings. The number of aliphatic imine (C=N–C) groups is 1. The summed E-state index contributed by atoms with van der Waals surface area (Å²) in [6.07, 6.45) is 5.11. The standard InChI is InChI=1S/C20H30N6O/c1-3-19-25-23-15-26(19)12-11-21-20(22-14-18-10-7-13-27-18)24-16(2)17-8-5-4-6-9-17/h4-6,8-9,15-16,18H,3,7,10-14H2,1-2H3,(H2,21,22,24). The number of aryl methyl sites for hydroxylation is 1. The fourth-order valence-electron chi connectivity index (χ4n) is 3.20. The van der Waals surface area contributed by atoms with Crippen molar-refractivity contribution in [3.8, 4) is 0 Å². The Bertz CT molecular complexity index is 708. The average molecular weight is 371 g/mol. The first-order chi connectivity index (χ1) is 13.3. The van der Waals surface area contributed by atoms with Crippen LogP contribution in [0, 0.1) is 0 Å². The number of hydrogen-bond acceptors (Lipinski definition) is 4. The molecule has 146 valence electrons. The molecule has 0 spiro atoms. The monoisotopic (exact) mass is 370 g/mol. The lowest BCUT2D eigenvalue weighted by Gasteiger charge is -2.19. The van der Waals surface area contributed by atoms with Gasteiger partial charge in [0.15, 0.2) is 5.96 Å². The number of guanidine groups is 1. The van der Waals surface area contributed by atoms with Crippen LogP contribution in [0.4, 0.5) is 0 Å². The average Bonchev–Trinajstić information content (AvgIpc) is 3.38. The van der Waals surface area contributed by atoms with Crippen molar-refractivity contribution in [1.29, 1.82) is 0 Å². The highest BCUT2D eigenvalue weighted by Gasteiger charge is 2.15. The van der Waals surface area contributed by atoms with Gasteiger partial charge in [0.1, 0.15) is 12.2 Å². The van der Waals surface area contributed by atoms with Crippen LogP contribution in [0.5, 0.6) is 0 Å². The third kappa shape index (κ3) is 5.79. The Morgan fingerprint density at radius 1 is 1.37 bits per heavy atom. The molecule has 1 aliphatic rings. The second-order valence-corrected chi connectivity index (χ2v) is 6.82. The highest BCUT2D eigenvalue weighted by molar-refractivity contribution is 5.80. The molecule has 2 N–H and O–H groups in total. The van der Waals surface area contributed by atoms with Crippen LogP contribution in [0.25, 0.3) is 0 Å². The number of hydrogen-bond donors (Lipinski definition) is 2. The van der Waals surface area contributed by atoms with Crippen molar-refractivity contribution in [1.82, 2.24) is 25.4 Å². The van der Waals surface area contributed by atoms with Gasteiger partial charge in [-0.05, 0) is 25.3 Å². The molecular weight excluding hydrogens is 340 g/mol. The zero-order chi connectivity index (χ0) is 18.9. The van der Waals surface area contributed by atoms with Crippen LogP contribution in [0.15, 0.2) is 41.7 Å². The third-order valence-corrected chi connectivity index (χ3v) is 4.79. The van der Waals surface area contributed by atoms with Crippen molar-refractivity contribution in [2.24, 2.45) is 4.99 Å².